The molecule has 0 aromatic carbocycles. The summed E-state index contributed by atoms with van der Waals surface area (Å²) in [7, 11) is 0. The minimum Gasteiger partial charge on any atom is -0.396 e. The van der Waals surface area contributed by atoms with Gasteiger partial charge in [0.1, 0.15) is 0 Å². The number of hydrogen-bond acceptors (Lipinski definition) is 2. The largest absolute Gasteiger partial charge is 0.396 e. The fourth-order valence-corrected chi connectivity index (χ4v) is 1.11. The van der Waals surface area contributed by atoms with Crippen molar-refractivity contribution in [3.8, 4) is 0 Å². The highest BCUT2D eigenvalue weighted by molar-refractivity contribution is 4.76. The Balaban J connectivity index is 2.30. The molecule has 1 saturated heterocycles. The molecular formula is C6H13NO. The molecule has 1 aliphatic heterocycles. The molecule has 0 saturated carbocycles. The Hall–Kier alpha value is -0.0800. The van der Waals surface area contributed by atoms with Crippen molar-refractivity contribution in [1.82, 2.24) is 5.32 Å². The summed E-state index contributed by atoms with van der Waals surface area (Å²) >= 11 is 0. The molecule has 2 N–H and O–H groups in total. The molecule has 0 aliphatic carbocycles. The lowest BCUT2D eigenvalue weighted by Crippen LogP contribution is -2.13. The first-order valence-corrected chi connectivity index (χ1v) is 3.16. The molecule has 1 rings (SSSR count). The Morgan fingerprint density at radius 3 is 2.62 bits per heavy atom. The first kappa shape index (κ1) is 6.05. The van der Waals surface area contributed by atoms with Crippen molar-refractivity contribution < 1.29 is 5.11 Å². The van der Waals surface area contributed by atoms with Crippen molar-refractivity contribution in [1.29, 1.82) is 0 Å². The van der Waals surface area contributed by atoms with E-state index in [0.717, 1.165) is 13.1 Å². The number of aliphatic hydroxyl groups excluding tert-OH is 1. The average molecular weight is 115 g/mol. The van der Waals surface area contributed by atoms with Gasteiger partial charge in [-0.1, -0.05) is 6.92 Å². The molecular weight excluding hydrogens is 102 g/mol. The maximum absolute atomic E-state index is 8.70. The topological polar surface area (TPSA) is 32.3 Å². The first-order valence-electron chi connectivity index (χ1n) is 3.16. The highest BCUT2D eigenvalue weighted by atomic mass is 16.3. The molecule has 0 amide bonds. The third kappa shape index (κ3) is 1.01. The van der Waals surface area contributed by atoms with E-state index in [-0.39, 0.29) is 0 Å². The van der Waals surface area contributed by atoms with Crippen LogP contribution in [0.25, 0.3) is 0 Å². The van der Waals surface area contributed by atoms with Crippen LogP contribution in [0.15, 0.2) is 0 Å². The average Bonchev–Trinajstić information content (AvgIpc) is 2.14. The van der Waals surface area contributed by atoms with Gasteiger partial charge in [0.2, 0.25) is 0 Å². The molecule has 8 heavy (non-hydrogen) atoms. The smallest absolute Gasteiger partial charge is 0.0474 e. The van der Waals surface area contributed by atoms with Gasteiger partial charge in [-0.3, -0.25) is 0 Å². The Morgan fingerprint density at radius 2 is 2.38 bits per heavy atom. The highest BCUT2D eigenvalue weighted by Crippen LogP contribution is 2.13. The van der Waals surface area contributed by atoms with Gasteiger partial charge in [0.25, 0.3) is 0 Å². The van der Waals surface area contributed by atoms with Crippen molar-refractivity contribution in [3.63, 3.8) is 0 Å². The SMILES string of the molecule is C[C@H]1CNC[C@H]1CO. The van der Waals surface area contributed by atoms with Crippen molar-refractivity contribution in [2.75, 3.05) is 19.7 Å². The summed E-state index contributed by atoms with van der Waals surface area (Å²) in [5.41, 5.74) is 0. The minimum absolute atomic E-state index is 0.341. The van der Waals surface area contributed by atoms with Crippen LogP contribution < -0.4 is 5.32 Å². The van der Waals surface area contributed by atoms with E-state index in [9.17, 15) is 0 Å². The van der Waals surface area contributed by atoms with E-state index in [2.05, 4.69) is 12.2 Å². The van der Waals surface area contributed by atoms with Crippen LogP contribution >= 0.6 is 0 Å². The predicted molar refractivity (Wildman–Crippen MR) is 32.6 cm³/mol. The van der Waals surface area contributed by atoms with Crippen LogP contribution in [0.4, 0.5) is 0 Å². The summed E-state index contributed by atoms with van der Waals surface area (Å²) in [5.74, 6) is 1.18. The molecule has 0 radical (unpaired) electrons. The first-order chi connectivity index (χ1) is 3.84. The van der Waals surface area contributed by atoms with Crippen molar-refractivity contribution in [2.45, 2.75) is 6.92 Å². The van der Waals surface area contributed by atoms with Crippen LogP contribution in [-0.2, 0) is 0 Å². The van der Waals surface area contributed by atoms with Gasteiger partial charge in [0, 0.05) is 13.2 Å². The Kier molecular flexibility index (Phi) is 1.86. The maximum Gasteiger partial charge on any atom is 0.0474 e. The quantitative estimate of drug-likeness (QED) is 0.497. The molecule has 2 nitrogen and oxygen atoms in total. The second-order valence-electron chi connectivity index (χ2n) is 2.58. The third-order valence-electron chi connectivity index (χ3n) is 1.91. The van der Waals surface area contributed by atoms with Gasteiger partial charge in [-0.2, -0.15) is 0 Å². The Bertz CT molecular complexity index is 74.9. The zero-order valence-corrected chi connectivity index (χ0v) is 5.22. The van der Waals surface area contributed by atoms with Gasteiger partial charge < -0.3 is 10.4 Å². The van der Waals surface area contributed by atoms with Crippen molar-refractivity contribution in [3.05, 3.63) is 0 Å². The lowest BCUT2D eigenvalue weighted by Gasteiger charge is -2.07. The van der Waals surface area contributed by atoms with E-state index in [1.165, 1.54) is 0 Å². The molecule has 1 heterocycles. The summed E-state index contributed by atoms with van der Waals surface area (Å²) in [4.78, 5) is 0. The van der Waals surface area contributed by atoms with E-state index in [1.54, 1.807) is 0 Å². The molecule has 2 atom stereocenters. The summed E-state index contributed by atoms with van der Waals surface area (Å²) < 4.78 is 0. The standard InChI is InChI=1S/C6H13NO/c1-5-2-7-3-6(5)4-8/h5-8H,2-4H2,1H3/t5-,6-/m0/s1. The van der Waals surface area contributed by atoms with Gasteiger partial charge in [-0.15, -0.1) is 0 Å². The number of hydrogen-bond donors (Lipinski definition) is 2. The monoisotopic (exact) mass is 115 g/mol. The summed E-state index contributed by atoms with van der Waals surface area (Å²) in [6.07, 6.45) is 0. The van der Waals surface area contributed by atoms with Gasteiger partial charge in [0.15, 0.2) is 0 Å². The molecule has 0 bridgehead atoms. The zero-order valence-electron chi connectivity index (χ0n) is 5.22. The molecule has 0 aromatic heterocycles. The molecule has 0 spiro atoms. The number of aliphatic hydroxyl groups is 1. The summed E-state index contributed by atoms with van der Waals surface area (Å²) in [6, 6.07) is 0. The molecule has 48 valence electrons. The molecule has 1 fully saturated rings. The van der Waals surface area contributed by atoms with Gasteiger partial charge >= 0.3 is 0 Å². The van der Waals surface area contributed by atoms with Crippen LogP contribution in [0.5, 0.6) is 0 Å². The minimum atomic E-state index is 0.341. The third-order valence-corrected chi connectivity index (χ3v) is 1.91. The fourth-order valence-electron chi connectivity index (χ4n) is 1.11. The second kappa shape index (κ2) is 2.46. The normalized spacial score (nSPS) is 38.2. The highest BCUT2D eigenvalue weighted by Gasteiger charge is 2.21. The molecule has 2 heteroatoms. The lowest BCUT2D eigenvalue weighted by atomic mass is 10.00. The van der Waals surface area contributed by atoms with Crippen LogP contribution in [0, 0.1) is 11.8 Å². The van der Waals surface area contributed by atoms with Gasteiger partial charge in [-0.05, 0) is 18.4 Å². The molecule has 0 aromatic rings. The zero-order chi connectivity index (χ0) is 5.98. The number of rotatable bonds is 1. The van der Waals surface area contributed by atoms with E-state index in [0.29, 0.717) is 18.4 Å². The molecule has 1 aliphatic rings. The summed E-state index contributed by atoms with van der Waals surface area (Å²) in [6.45, 7) is 4.58. The van der Waals surface area contributed by atoms with E-state index in [4.69, 9.17) is 5.11 Å². The Labute approximate surface area is 49.9 Å². The lowest BCUT2D eigenvalue weighted by molar-refractivity contribution is 0.212. The summed E-state index contributed by atoms with van der Waals surface area (Å²) in [5, 5.41) is 11.9. The second-order valence-corrected chi connectivity index (χ2v) is 2.58. The van der Waals surface area contributed by atoms with E-state index in [1.807, 2.05) is 0 Å². The number of nitrogens with one attached hydrogen (secondary N) is 1. The fraction of sp³-hybridized carbons (Fsp3) is 1.00. The maximum atomic E-state index is 8.70. The van der Waals surface area contributed by atoms with Crippen molar-refractivity contribution in [2.24, 2.45) is 11.8 Å². The molecule has 0 unspecified atom stereocenters. The van der Waals surface area contributed by atoms with Crippen LogP contribution in [0.3, 0.4) is 0 Å². The van der Waals surface area contributed by atoms with Gasteiger partial charge in [0.05, 0.1) is 0 Å². The van der Waals surface area contributed by atoms with Crippen molar-refractivity contribution >= 4 is 0 Å². The van der Waals surface area contributed by atoms with Gasteiger partial charge in [-0.25, -0.2) is 0 Å². The predicted octanol–water partition coefficient (Wildman–Crippen LogP) is -0.166. The van der Waals surface area contributed by atoms with Crippen LogP contribution in [0.2, 0.25) is 0 Å². The Morgan fingerprint density at radius 1 is 1.62 bits per heavy atom. The van der Waals surface area contributed by atoms with Crippen LogP contribution in [-0.4, -0.2) is 24.8 Å². The van der Waals surface area contributed by atoms with E-state index < -0.39 is 0 Å². The van der Waals surface area contributed by atoms with Crippen LogP contribution in [0.1, 0.15) is 6.92 Å². The van der Waals surface area contributed by atoms with E-state index >= 15 is 0 Å².